The predicted molar refractivity (Wildman–Crippen MR) is 157 cm³/mol. The summed E-state index contributed by atoms with van der Waals surface area (Å²) in [6.45, 7) is 6.45. The van der Waals surface area contributed by atoms with Crippen LogP contribution in [0.15, 0.2) is 84.9 Å². The zero-order valence-corrected chi connectivity index (χ0v) is 22.8. The van der Waals surface area contributed by atoms with E-state index in [1.54, 1.807) is 18.2 Å². The van der Waals surface area contributed by atoms with Crippen LogP contribution in [-0.4, -0.2) is 10.9 Å². The highest BCUT2D eigenvalue weighted by molar-refractivity contribution is 6.37. The summed E-state index contributed by atoms with van der Waals surface area (Å²) in [4.78, 5) is 18.7. The second kappa shape index (κ2) is 10.9. The Morgan fingerprint density at radius 2 is 1.63 bits per heavy atom. The molecule has 0 saturated carbocycles. The highest BCUT2D eigenvalue weighted by atomic mass is 35.5. The molecule has 38 heavy (non-hydrogen) atoms. The van der Waals surface area contributed by atoms with Gasteiger partial charge in [0.2, 0.25) is 0 Å². The average molecular weight is 541 g/mol. The van der Waals surface area contributed by atoms with Gasteiger partial charge >= 0.3 is 0 Å². The zero-order chi connectivity index (χ0) is 26.8. The Bertz CT molecular complexity index is 1650. The molecule has 6 heteroatoms. The molecule has 0 fully saturated rings. The number of carbonyl (C=O) groups excluding carboxylic acids is 1. The maximum atomic E-state index is 13.7. The third kappa shape index (κ3) is 5.38. The first-order chi connectivity index (χ1) is 18.3. The molecule has 0 spiro atoms. The molecular weight excluding hydrogens is 515 g/mol. The number of aromatic nitrogens is 1. The summed E-state index contributed by atoms with van der Waals surface area (Å²) < 4.78 is 5.96. The molecule has 0 bridgehead atoms. The number of ether oxygens (including phenoxy) is 1. The van der Waals surface area contributed by atoms with Gasteiger partial charge in [-0.2, -0.15) is 0 Å². The van der Waals surface area contributed by atoms with E-state index in [9.17, 15) is 4.79 Å². The minimum Gasteiger partial charge on any atom is -0.489 e. The van der Waals surface area contributed by atoms with E-state index in [0.29, 0.717) is 27.9 Å². The van der Waals surface area contributed by atoms with Crippen molar-refractivity contribution in [2.45, 2.75) is 27.4 Å². The van der Waals surface area contributed by atoms with Crippen LogP contribution in [0.4, 0.5) is 5.69 Å². The lowest BCUT2D eigenvalue weighted by atomic mass is 9.94. The molecule has 0 aliphatic carbocycles. The number of benzene rings is 4. The van der Waals surface area contributed by atoms with Gasteiger partial charge in [-0.15, -0.1) is 0 Å². The van der Waals surface area contributed by atoms with Crippen molar-refractivity contribution < 1.29 is 9.53 Å². The summed E-state index contributed by atoms with van der Waals surface area (Å²) in [7, 11) is 0. The van der Waals surface area contributed by atoms with E-state index in [2.05, 4.69) is 11.4 Å². The average Bonchev–Trinajstić information content (AvgIpc) is 2.89. The largest absolute Gasteiger partial charge is 0.489 e. The number of nitrogens with zero attached hydrogens (tertiary/aromatic N) is 1. The summed E-state index contributed by atoms with van der Waals surface area (Å²) in [5.41, 5.74) is 7.43. The molecule has 190 valence electrons. The number of rotatable bonds is 6. The first-order valence-electron chi connectivity index (χ1n) is 12.3. The molecule has 1 aromatic heterocycles. The van der Waals surface area contributed by atoms with Gasteiger partial charge < -0.3 is 10.1 Å². The van der Waals surface area contributed by atoms with E-state index >= 15 is 0 Å². The van der Waals surface area contributed by atoms with Crippen molar-refractivity contribution in [3.63, 3.8) is 0 Å². The fourth-order valence-corrected chi connectivity index (χ4v) is 5.07. The third-order valence-electron chi connectivity index (χ3n) is 6.45. The normalized spacial score (nSPS) is 11.0. The smallest absolute Gasteiger partial charge is 0.256 e. The Balaban J connectivity index is 1.54. The molecule has 0 unspecified atom stereocenters. The predicted octanol–water partition coefficient (Wildman–Crippen LogP) is 8.97. The van der Waals surface area contributed by atoms with Gasteiger partial charge in [0.1, 0.15) is 12.4 Å². The Morgan fingerprint density at radius 3 is 2.34 bits per heavy atom. The summed E-state index contributed by atoms with van der Waals surface area (Å²) >= 11 is 12.4. The molecule has 5 rings (SSSR count). The van der Waals surface area contributed by atoms with Gasteiger partial charge in [0.05, 0.1) is 27.5 Å². The van der Waals surface area contributed by atoms with Crippen LogP contribution in [0.1, 0.15) is 32.6 Å². The molecule has 0 aliphatic heterocycles. The van der Waals surface area contributed by atoms with Crippen LogP contribution in [0.25, 0.3) is 22.2 Å². The topological polar surface area (TPSA) is 51.2 Å². The molecule has 4 aromatic carbocycles. The molecule has 0 atom stereocenters. The lowest BCUT2D eigenvalue weighted by Crippen LogP contribution is -2.16. The highest BCUT2D eigenvalue weighted by Gasteiger charge is 2.21. The molecule has 0 saturated heterocycles. The number of anilines is 1. The maximum Gasteiger partial charge on any atom is 0.256 e. The molecule has 1 N–H and O–H groups in total. The number of aryl methyl sites for hydroxylation is 2. The minimum atomic E-state index is -0.256. The lowest BCUT2D eigenvalue weighted by Gasteiger charge is -2.17. The Kier molecular flexibility index (Phi) is 7.37. The second-order valence-electron chi connectivity index (χ2n) is 9.32. The Labute approximate surface area is 232 Å². The minimum absolute atomic E-state index is 0.256. The highest BCUT2D eigenvalue weighted by Crippen LogP contribution is 2.34. The summed E-state index contributed by atoms with van der Waals surface area (Å²) in [5.74, 6) is 0.506. The van der Waals surface area contributed by atoms with E-state index in [4.69, 9.17) is 32.9 Å². The first kappa shape index (κ1) is 25.8. The quantitative estimate of drug-likeness (QED) is 0.233. The standard InChI is InChI=1S/C32H26Cl2N2O2/c1-19-15-20(2)30-26(16-19)29(32(37)35-28-14-11-24(33)17-27(28)34)21(3)31(36-30)23-9-12-25(13-10-23)38-18-22-7-5-4-6-8-22/h4-17H,18H2,1-3H3,(H,35,37). The molecule has 0 aliphatic rings. The van der Waals surface area contributed by atoms with Crippen LogP contribution < -0.4 is 10.1 Å². The number of hydrogen-bond donors (Lipinski definition) is 1. The Morgan fingerprint density at radius 1 is 0.895 bits per heavy atom. The number of pyridine rings is 1. The summed E-state index contributed by atoms with van der Waals surface area (Å²) in [5, 5.41) is 4.65. The summed E-state index contributed by atoms with van der Waals surface area (Å²) in [6, 6.07) is 26.9. The number of carbonyl (C=O) groups is 1. The van der Waals surface area contributed by atoms with Crippen LogP contribution in [0.3, 0.4) is 0 Å². The van der Waals surface area contributed by atoms with E-state index in [-0.39, 0.29) is 5.91 Å². The van der Waals surface area contributed by atoms with Gasteiger partial charge in [0.25, 0.3) is 5.91 Å². The molecule has 5 aromatic rings. The maximum absolute atomic E-state index is 13.7. The van der Waals surface area contributed by atoms with Crippen molar-refractivity contribution in [1.82, 2.24) is 4.98 Å². The zero-order valence-electron chi connectivity index (χ0n) is 21.3. The van der Waals surface area contributed by atoms with E-state index in [1.807, 2.05) is 81.4 Å². The summed E-state index contributed by atoms with van der Waals surface area (Å²) in [6.07, 6.45) is 0. The Hall–Kier alpha value is -3.86. The lowest BCUT2D eigenvalue weighted by molar-refractivity contribution is 0.102. The van der Waals surface area contributed by atoms with Crippen LogP contribution in [0, 0.1) is 20.8 Å². The SMILES string of the molecule is Cc1cc(C)c2nc(-c3ccc(OCc4ccccc4)cc3)c(C)c(C(=O)Nc3ccc(Cl)cc3Cl)c2c1. The van der Waals surface area contributed by atoms with Crippen LogP contribution in [0.2, 0.25) is 10.0 Å². The van der Waals surface area contributed by atoms with Crippen LogP contribution >= 0.6 is 23.2 Å². The molecular formula is C32H26Cl2N2O2. The van der Waals surface area contributed by atoms with Crippen molar-refractivity contribution in [2.75, 3.05) is 5.32 Å². The van der Waals surface area contributed by atoms with E-state index < -0.39 is 0 Å². The van der Waals surface area contributed by atoms with Crippen molar-refractivity contribution in [3.05, 3.63) is 123 Å². The number of amides is 1. The van der Waals surface area contributed by atoms with Crippen molar-refractivity contribution in [3.8, 4) is 17.0 Å². The van der Waals surface area contributed by atoms with Gasteiger partial charge in [-0.25, -0.2) is 4.98 Å². The van der Waals surface area contributed by atoms with Gasteiger partial charge in [-0.05, 0) is 86.0 Å². The molecule has 1 amide bonds. The van der Waals surface area contributed by atoms with Crippen LogP contribution in [0.5, 0.6) is 5.75 Å². The number of halogens is 2. The van der Waals surface area contributed by atoms with Crippen LogP contribution in [-0.2, 0) is 6.61 Å². The number of hydrogen-bond acceptors (Lipinski definition) is 3. The van der Waals surface area contributed by atoms with Crippen molar-refractivity contribution in [2.24, 2.45) is 0 Å². The third-order valence-corrected chi connectivity index (χ3v) is 7.00. The fraction of sp³-hybridized carbons (Fsp3) is 0.125. The second-order valence-corrected chi connectivity index (χ2v) is 10.2. The first-order valence-corrected chi connectivity index (χ1v) is 13.0. The van der Waals surface area contributed by atoms with Gasteiger partial charge in [0, 0.05) is 16.0 Å². The molecule has 1 heterocycles. The number of fused-ring (bicyclic) bond motifs is 1. The number of nitrogens with one attached hydrogen (secondary N) is 1. The van der Waals surface area contributed by atoms with Gasteiger partial charge in [0.15, 0.2) is 0 Å². The monoisotopic (exact) mass is 540 g/mol. The van der Waals surface area contributed by atoms with Crippen molar-refractivity contribution >= 4 is 45.7 Å². The fourth-order valence-electron chi connectivity index (χ4n) is 4.61. The van der Waals surface area contributed by atoms with Crippen molar-refractivity contribution in [1.29, 1.82) is 0 Å². The molecule has 4 nitrogen and oxygen atoms in total. The van der Waals surface area contributed by atoms with Gasteiger partial charge in [-0.3, -0.25) is 4.79 Å². The van der Waals surface area contributed by atoms with E-state index in [0.717, 1.165) is 50.2 Å². The molecule has 0 radical (unpaired) electrons. The van der Waals surface area contributed by atoms with E-state index in [1.165, 1.54) is 0 Å². The van der Waals surface area contributed by atoms with Gasteiger partial charge in [-0.1, -0.05) is 65.2 Å².